The quantitative estimate of drug-likeness (QED) is 0.792. The van der Waals surface area contributed by atoms with Gasteiger partial charge in [0.2, 0.25) is 10.0 Å². The smallest absolute Gasteiger partial charge is 0.214 e. The van der Waals surface area contributed by atoms with Crippen molar-refractivity contribution in [2.24, 2.45) is 0 Å². The molecular formula is C18H24N2O3S. The van der Waals surface area contributed by atoms with Gasteiger partial charge in [0.25, 0.3) is 0 Å². The molecule has 2 heterocycles. The van der Waals surface area contributed by atoms with E-state index in [1.54, 1.807) is 4.31 Å². The first-order valence-electron chi connectivity index (χ1n) is 8.67. The summed E-state index contributed by atoms with van der Waals surface area (Å²) >= 11 is 0. The van der Waals surface area contributed by atoms with Gasteiger partial charge in [0, 0.05) is 19.2 Å². The largest absolute Gasteiger partial charge is 0.378 e. The SMILES string of the molecule is N#C[C@H](c1ccccc1)[C@H]1CCCN1S(=O)(=O)CC[C@H]1CCCO1. The van der Waals surface area contributed by atoms with Crippen LogP contribution in [0.1, 0.15) is 43.6 Å². The van der Waals surface area contributed by atoms with E-state index in [-0.39, 0.29) is 17.9 Å². The van der Waals surface area contributed by atoms with Crippen molar-refractivity contribution in [2.45, 2.75) is 50.2 Å². The summed E-state index contributed by atoms with van der Waals surface area (Å²) in [6, 6.07) is 11.6. The minimum Gasteiger partial charge on any atom is -0.378 e. The molecule has 5 nitrogen and oxygen atoms in total. The summed E-state index contributed by atoms with van der Waals surface area (Å²) in [5.41, 5.74) is 0.895. The summed E-state index contributed by atoms with van der Waals surface area (Å²) in [7, 11) is -3.36. The zero-order valence-corrected chi connectivity index (χ0v) is 14.6. The second kappa shape index (κ2) is 7.64. The fourth-order valence-electron chi connectivity index (χ4n) is 3.76. The van der Waals surface area contributed by atoms with E-state index >= 15 is 0 Å². The molecule has 0 N–H and O–H groups in total. The maximum absolute atomic E-state index is 12.8. The normalized spacial score (nSPS) is 26.3. The van der Waals surface area contributed by atoms with Crippen molar-refractivity contribution in [3.8, 4) is 6.07 Å². The van der Waals surface area contributed by atoms with Crippen LogP contribution in [0.2, 0.25) is 0 Å². The second-order valence-electron chi connectivity index (χ2n) is 6.58. The molecular weight excluding hydrogens is 324 g/mol. The summed E-state index contributed by atoms with van der Waals surface area (Å²) < 4.78 is 32.7. The molecule has 0 amide bonds. The molecule has 6 heteroatoms. The van der Waals surface area contributed by atoms with E-state index in [1.165, 1.54) is 0 Å². The summed E-state index contributed by atoms with van der Waals surface area (Å²) in [4.78, 5) is 0. The van der Waals surface area contributed by atoms with Gasteiger partial charge in [0.15, 0.2) is 0 Å². The monoisotopic (exact) mass is 348 g/mol. The third-order valence-corrected chi connectivity index (χ3v) is 6.93. The fourth-order valence-corrected chi connectivity index (χ4v) is 5.60. The van der Waals surface area contributed by atoms with Crippen LogP contribution in [0.3, 0.4) is 0 Å². The average Bonchev–Trinajstić information content (AvgIpc) is 3.27. The highest BCUT2D eigenvalue weighted by atomic mass is 32.2. The van der Waals surface area contributed by atoms with Crippen molar-refractivity contribution in [1.29, 1.82) is 5.26 Å². The highest BCUT2D eigenvalue weighted by molar-refractivity contribution is 7.89. The lowest BCUT2D eigenvalue weighted by atomic mass is 9.92. The van der Waals surface area contributed by atoms with Crippen LogP contribution in [-0.4, -0.2) is 43.8 Å². The van der Waals surface area contributed by atoms with Crippen LogP contribution < -0.4 is 0 Å². The summed E-state index contributed by atoms with van der Waals surface area (Å²) in [6.45, 7) is 1.26. The van der Waals surface area contributed by atoms with Gasteiger partial charge in [0.05, 0.1) is 23.8 Å². The highest BCUT2D eigenvalue weighted by Crippen LogP contribution is 2.33. The van der Waals surface area contributed by atoms with Gasteiger partial charge in [-0.15, -0.1) is 0 Å². The molecule has 0 saturated carbocycles. The molecule has 3 atom stereocenters. The molecule has 2 aliphatic heterocycles. The zero-order valence-electron chi connectivity index (χ0n) is 13.8. The van der Waals surface area contributed by atoms with Gasteiger partial charge in [-0.2, -0.15) is 9.57 Å². The minimum atomic E-state index is -3.36. The zero-order chi connectivity index (χ0) is 17.0. The minimum absolute atomic E-state index is 0.0710. The van der Waals surface area contributed by atoms with Gasteiger partial charge < -0.3 is 4.74 Å². The Bertz CT molecular complexity index is 678. The van der Waals surface area contributed by atoms with E-state index in [0.717, 1.165) is 37.9 Å². The van der Waals surface area contributed by atoms with Crippen LogP contribution >= 0.6 is 0 Å². The molecule has 130 valence electrons. The topological polar surface area (TPSA) is 70.4 Å². The third kappa shape index (κ3) is 3.80. The third-order valence-electron chi connectivity index (χ3n) is 5.01. The van der Waals surface area contributed by atoms with Crippen LogP contribution in [-0.2, 0) is 14.8 Å². The van der Waals surface area contributed by atoms with E-state index in [2.05, 4.69) is 6.07 Å². The molecule has 0 bridgehead atoms. The molecule has 2 aliphatic rings. The lowest BCUT2D eigenvalue weighted by molar-refractivity contribution is 0.108. The molecule has 2 fully saturated rings. The Labute approximate surface area is 144 Å². The van der Waals surface area contributed by atoms with Crippen molar-refractivity contribution in [2.75, 3.05) is 18.9 Å². The van der Waals surface area contributed by atoms with E-state index in [1.807, 2.05) is 30.3 Å². The lowest BCUT2D eigenvalue weighted by Crippen LogP contribution is -2.40. The van der Waals surface area contributed by atoms with Crippen LogP contribution in [0.4, 0.5) is 0 Å². The molecule has 1 aromatic rings. The van der Waals surface area contributed by atoms with Gasteiger partial charge in [-0.3, -0.25) is 0 Å². The second-order valence-corrected chi connectivity index (χ2v) is 8.62. The molecule has 1 aromatic carbocycles. The van der Waals surface area contributed by atoms with E-state index in [0.29, 0.717) is 13.0 Å². The van der Waals surface area contributed by atoms with Gasteiger partial charge in [-0.25, -0.2) is 8.42 Å². The van der Waals surface area contributed by atoms with E-state index in [9.17, 15) is 13.7 Å². The number of nitriles is 1. The van der Waals surface area contributed by atoms with Gasteiger partial charge in [0.1, 0.15) is 0 Å². The Balaban J connectivity index is 1.72. The van der Waals surface area contributed by atoms with Crippen molar-refractivity contribution >= 4 is 10.0 Å². The summed E-state index contributed by atoms with van der Waals surface area (Å²) in [5, 5.41) is 9.63. The summed E-state index contributed by atoms with van der Waals surface area (Å²) in [5.74, 6) is -0.299. The number of benzene rings is 1. The molecule has 0 unspecified atom stereocenters. The Morgan fingerprint density at radius 1 is 1.25 bits per heavy atom. The van der Waals surface area contributed by atoms with Gasteiger partial charge in [-0.1, -0.05) is 30.3 Å². The Morgan fingerprint density at radius 3 is 2.71 bits per heavy atom. The molecule has 24 heavy (non-hydrogen) atoms. The number of hydrogen-bond donors (Lipinski definition) is 0. The molecule has 0 radical (unpaired) electrons. The van der Waals surface area contributed by atoms with Crippen LogP contribution in [0.15, 0.2) is 30.3 Å². The predicted molar refractivity (Wildman–Crippen MR) is 91.9 cm³/mol. The van der Waals surface area contributed by atoms with Crippen molar-refractivity contribution in [1.82, 2.24) is 4.31 Å². The van der Waals surface area contributed by atoms with Crippen molar-refractivity contribution in [3.05, 3.63) is 35.9 Å². The maximum atomic E-state index is 12.8. The first kappa shape index (κ1) is 17.4. The molecule has 2 saturated heterocycles. The van der Waals surface area contributed by atoms with Gasteiger partial charge >= 0.3 is 0 Å². The van der Waals surface area contributed by atoms with Crippen molar-refractivity contribution in [3.63, 3.8) is 0 Å². The number of nitrogens with zero attached hydrogens (tertiary/aromatic N) is 2. The highest BCUT2D eigenvalue weighted by Gasteiger charge is 2.39. The Kier molecular flexibility index (Phi) is 5.54. The Morgan fingerprint density at radius 2 is 2.04 bits per heavy atom. The molecule has 0 aromatic heterocycles. The van der Waals surface area contributed by atoms with Crippen LogP contribution in [0.5, 0.6) is 0 Å². The van der Waals surface area contributed by atoms with Crippen LogP contribution in [0.25, 0.3) is 0 Å². The summed E-state index contributed by atoms with van der Waals surface area (Å²) in [6.07, 6.45) is 4.14. The lowest BCUT2D eigenvalue weighted by Gasteiger charge is -2.28. The number of sulfonamides is 1. The van der Waals surface area contributed by atoms with Crippen molar-refractivity contribution < 1.29 is 13.2 Å². The number of hydrogen-bond acceptors (Lipinski definition) is 4. The van der Waals surface area contributed by atoms with E-state index < -0.39 is 15.9 Å². The average molecular weight is 348 g/mol. The first-order valence-corrected chi connectivity index (χ1v) is 10.3. The number of rotatable bonds is 6. The predicted octanol–water partition coefficient (Wildman–Crippen LogP) is 2.66. The molecule has 0 aliphatic carbocycles. The number of ether oxygens (including phenoxy) is 1. The molecule has 3 rings (SSSR count). The Hall–Kier alpha value is -1.42. The van der Waals surface area contributed by atoms with E-state index in [4.69, 9.17) is 4.74 Å². The molecule has 0 spiro atoms. The standard InChI is InChI=1S/C18H24N2O3S/c19-14-17(15-6-2-1-3-7-15)18-9-4-11-20(18)24(21,22)13-10-16-8-5-12-23-16/h1-3,6-7,16-18H,4-5,8-13H2/t16-,17-,18-/m1/s1. The fraction of sp³-hybridized carbons (Fsp3) is 0.611. The van der Waals surface area contributed by atoms with Gasteiger partial charge in [-0.05, 0) is 37.7 Å². The maximum Gasteiger partial charge on any atom is 0.214 e. The first-order chi connectivity index (χ1) is 11.6. The van der Waals surface area contributed by atoms with Crippen LogP contribution in [0, 0.1) is 11.3 Å².